The lowest BCUT2D eigenvalue weighted by Gasteiger charge is -2.11. The van der Waals surface area contributed by atoms with Crippen molar-refractivity contribution < 1.29 is 17.9 Å². The van der Waals surface area contributed by atoms with Crippen LogP contribution in [0, 0.1) is 0 Å². The number of benzene rings is 2. The molecule has 2 rings (SSSR count). The Morgan fingerprint density at radius 3 is 2.33 bits per heavy atom. The Labute approximate surface area is 150 Å². The van der Waals surface area contributed by atoms with Gasteiger partial charge < -0.3 is 10.1 Å². The van der Waals surface area contributed by atoms with Crippen LogP contribution < -0.4 is 10.1 Å². The standard InChI is InChI=1S/C16H15Cl2NO4S/c1-23-15-8-3-2-7-14(15)19-16(20)10-24(21,22)9-11-12(17)5-4-6-13(11)18/h2-8H,9-10H2,1H3,(H,19,20). The zero-order valence-corrected chi connectivity index (χ0v) is 15.1. The molecular formula is C16H15Cl2NO4S. The average Bonchev–Trinajstić information content (AvgIpc) is 2.51. The van der Waals surface area contributed by atoms with E-state index in [9.17, 15) is 13.2 Å². The van der Waals surface area contributed by atoms with Gasteiger partial charge >= 0.3 is 0 Å². The number of carbonyl (C=O) groups is 1. The molecule has 2 aromatic rings. The summed E-state index contributed by atoms with van der Waals surface area (Å²) in [4.78, 5) is 12.0. The summed E-state index contributed by atoms with van der Waals surface area (Å²) in [6, 6.07) is 11.4. The lowest BCUT2D eigenvalue weighted by molar-refractivity contribution is -0.113. The first-order valence-electron chi connectivity index (χ1n) is 6.88. The van der Waals surface area contributed by atoms with Gasteiger partial charge in [-0.25, -0.2) is 8.42 Å². The fraction of sp³-hybridized carbons (Fsp3) is 0.188. The summed E-state index contributed by atoms with van der Waals surface area (Å²) >= 11 is 12.0. The van der Waals surface area contributed by atoms with Crippen LogP contribution in [0.3, 0.4) is 0 Å². The van der Waals surface area contributed by atoms with Gasteiger partial charge in [-0.1, -0.05) is 41.4 Å². The van der Waals surface area contributed by atoms with Gasteiger partial charge in [-0.15, -0.1) is 0 Å². The second-order valence-electron chi connectivity index (χ2n) is 4.98. The molecular weight excluding hydrogens is 373 g/mol. The Kier molecular flexibility index (Phi) is 6.10. The molecule has 0 radical (unpaired) electrons. The molecule has 0 fully saturated rings. The summed E-state index contributed by atoms with van der Waals surface area (Å²) in [5.41, 5.74) is 0.682. The summed E-state index contributed by atoms with van der Waals surface area (Å²) in [6.45, 7) is 0. The molecule has 0 atom stereocenters. The Hall–Kier alpha value is -1.76. The third kappa shape index (κ3) is 4.87. The molecule has 0 saturated carbocycles. The Bertz CT molecular complexity index is 833. The van der Waals surface area contributed by atoms with Gasteiger partial charge in [0.1, 0.15) is 11.5 Å². The van der Waals surface area contributed by atoms with E-state index in [2.05, 4.69) is 5.32 Å². The van der Waals surface area contributed by atoms with Crippen LogP contribution in [0.1, 0.15) is 5.56 Å². The highest BCUT2D eigenvalue weighted by molar-refractivity contribution is 7.91. The highest BCUT2D eigenvalue weighted by Gasteiger charge is 2.21. The van der Waals surface area contributed by atoms with Crippen LogP contribution in [0.4, 0.5) is 5.69 Å². The first-order chi connectivity index (χ1) is 11.3. The quantitative estimate of drug-likeness (QED) is 0.822. The molecule has 0 aliphatic heterocycles. The van der Waals surface area contributed by atoms with Gasteiger partial charge in [-0.3, -0.25) is 4.79 Å². The van der Waals surface area contributed by atoms with Crippen LogP contribution in [-0.2, 0) is 20.4 Å². The predicted octanol–water partition coefficient (Wildman–Crippen LogP) is 3.56. The molecule has 0 aliphatic carbocycles. The number of para-hydroxylation sites is 2. The van der Waals surface area contributed by atoms with Gasteiger partial charge in [-0.05, 0) is 24.3 Å². The second kappa shape index (κ2) is 7.88. The van der Waals surface area contributed by atoms with Crippen LogP contribution in [0.15, 0.2) is 42.5 Å². The molecule has 0 bridgehead atoms. The van der Waals surface area contributed by atoms with E-state index in [1.807, 2.05) is 0 Å². The minimum Gasteiger partial charge on any atom is -0.495 e. The van der Waals surface area contributed by atoms with Gasteiger partial charge in [0.25, 0.3) is 0 Å². The summed E-state index contributed by atoms with van der Waals surface area (Å²) in [7, 11) is -2.28. The van der Waals surface area contributed by atoms with Crippen LogP contribution >= 0.6 is 23.2 Å². The number of hydrogen-bond donors (Lipinski definition) is 1. The van der Waals surface area contributed by atoms with E-state index >= 15 is 0 Å². The smallest absolute Gasteiger partial charge is 0.239 e. The molecule has 1 N–H and O–H groups in total. The van der Waals surface area contributed by atoms with E-state index < -0.39 is 27.3 Å². The Morgan fingerprint density at radius 2 is 1.71 bits per heavy atom. The molecule has 1 amide bonds. The number of sulfone groups is 1. The van der Waals surface area contributed by atoms with E-state index in [-0.39, 0.29) is 15.6 Å². The zero-order chi connectivity index (χ0) is 17.7. The molecule has 0 aliphatic rings. The Morgan fingerprint density at radius 1 is 1.08 bits per heavy atom. The van der Waals surface area contributed by atoms with Crippen molar-refractivity contribution in [3.8, 4) is 5.75 Å². The lowest BCUT2D eigenvalue weighted by Crippen LogP contribution is -2.24. The summed E-state index contributed by atoms with van der Waals surface area (Å²) < 4.78 is 29.6. The number of nitrogens with one attached hydrogen (secondary N) is 1. The van der Waals surface area contributed by atoms with E-state index in [1.54, 1.807) is 42.5 Å². The fourth-order valence-electron chi connectivity index (χ4n) is 2.08. The molecule has 0 aromatic heterocycles. The van der Waals surface area contributed by atoms with Crippen LogP contribution in [0.2, 0.25) is 10.0 Å². The number of halogens is 2. The summed E-state index contributed by atoms with van der Waals surface area (Å²) in [5, 5.41) is 3.02. The molecule has 2 aromatic carbocycles. The van der Waals surface area contributed by atoms with Crippen molar-refractivity contribution in [3.05, 3.63) is 58.1 Å². The third-order valence-corrected chi connectivity index (χ3v) is 5.30. The maximum absolute atomic E-state index is 12.3. The number of methoxy groups -OCH3 is 1. The normalized spacial score (nSPS) is 11.1. The molecule has 128 valence electrons. The van der Waals surface area contributed by atoms with Crippen molar-refractivity contribution in [1.82, 2.24) is 0 Å². The second-order valence-corrected chi connectivity index (χ2v) is 7.86. The first kappa shape index (κ1) is 18.6. The number of hydrogen-bond acceptors (Lipinski definition) is 4. The zero-order valence-electron chi connectivity index (χ0n) is 12.8. The maximum Gasteiger partial charge on any atom is 0.239 e. The number of rotatable bonds is 6. The lowest BCUT2D eigenvalue weighted by atomic mass is 10.2. The average molecular weight is 388 g/mol. The van der Waals surface area contributed by atoms with Gasteiger partial charge in [0.05, 0.1) is 18.6 Å². The van der Waals surface area contributed by atoms with Crippen LogP contribution in [0.5, 0.6) is 5.75 Å². The maximum atomic E-state index is 12.3. The number of ether oxygens (including phenoxy) is 1. The predicted molar refractivity (Wildman–Crippen MR) is 95.6 cm³/mol. The van der Waals surface area contributed by atoms with E-state index in [1.165, 1.54) is 7.11 Å². The third-order valence-electron chi connectivity index (χ3n) is 3.16. The van der Waals surface area contributed by atoms with Crippen LogP contribution in [-0.4, -0.2) is 27.2 Å². The van der Waals surface area contributed by atoms with E-state index in [4.69, 9.17) is 27.9 Å². The molecule has 0 saturated heterocycles. The number of amides is 1. The number of carbonyl (C=O) groups excluding carboxylic acids is 1. The van der Waals surface area contributed by atoms with Gasteiger partial charge in [0.15, 0.2) is 9.84 Å². The van der Waals surface area contributed by atoms with Crippen molar-refractivity contribution >= 4 is 44.6 Å². The van der Waals surface area contributed by atoms with E-state index in [0.29, 0.717) is 11.4 Å². The number of anilines is 1. The van der Waals surface area contributed by atoms with Crippen molar-refractivity contribution in [2.75, 3.05) is 18.2 Å². The summed E-state index contributed by atoms with van der Waals surface area (Å²) in [6.07, 6.45) is 0. The van der Waals surface area contributed by atoms with Crippen molar-refractivity contribution in [3.63, 3.8) is 0 Å². The molecule has 24 heavy (non-hydrogen) atoms. The minimum absolute atomic E-state index is 0.246. The minimum atomic E-state index is -3.74. The SMILES string of the molecule is COc1ccccc1NC(=O)CS(=O)(=O)Cc1c(Cl)cccc1Cl. The van der Waals surface area contributed by atoms with Crippen molar-refractivity contribution in [2.45, 2.75) is 5.75 Å². The van der Waals surface area contributed by atoms with Crippen molar-refractivity contribution in [1.29, 1.82) is 0 Å². The van der Waals surface area contributed by atoms with Gasteiger partial charge in [0.2, 0.25) is 5.91 Å². The fourth-order valence-corrected chi connectivity index (χ4v) is 4.09. The monoisotopic (exact) mass is 387 g/mol. The molecule has 0 unspecified atom stereocenters. The molecule has 0 spiro atoms. The first-order valence-corrected chi connectivity index (χ1v) is 9.46. The van der Waals surface area contributed by atoms with Crippen LogP contribution in [0.25, 0.3) is 0 Å². The van der Waals surface area contributed by atoms with Gasteiger partial charge in [0, 0.05) is 15.6 Å². The topological polar surface area (TPSA) is 72.5 Å². The Balaban J connectivity index is 2.10. The molecule has 5 nitrogen and oxygen atoms in total. The highest BCUT2D eigenvalue weighted by atomic mass is 35.5. The summed E-state index contributed by atoms with van der Waals surface area (Å²) in [5.74, 6) is -1.32. The molecule has 8 heteroatoms. The highest BCUT2D eigenvalue weighted by Crippen LogP contribution is 2.27. The van der Waals surface area contributed by atoms with E-state index in [0.717, 1.165) is 0 Å². The molecule has 0 heterocycles. The largest absolute Gasteiger partial charge is 0.495 e. The van der Waals surface area contributed by atoms with Crippen molar-refractivity contribution in [2.24, 2.45) is 0 Å². The van der Waals surface area contributed by atoms with Gasteiger partial charge in [-0.2, -0.15) is 0 Å².